The Morgan fingerprint density at radius 3 is 2.26 bits per heavy atom. The quantitative estimate of drug-likeness (QED) is 0.533. The van der Waals surface area contributed by atoms with Crippen molar-refractivity contribution in [3.8, 4) is 0 Å². The van der Waals surface area contributed by atoms with E-state index in [9.17, 15) is 18.0 Å². The topological polar surface area (TPSA) is 87.7 Å². The molecule has 2 aromatic carbocycles. The van der Waals surface area contributed by atoms with E-state index in [1.807, 2.05) is 30.3 Å². The average Bonchev–Trinajstić information content (AvgIpc) is 3.03. The maximum absolute atomic E-state index is 12.8. The molecule has 0 atom stereocenters. The molecule has 8 heteroatoms. The lowest BCUT2D eigenvalue weighted by Crippen LogP contribution is -2.31. The zero-order chi connectivity index (χ0) is 22.0. The average molecular weight is 436 g/mol. The smallest absolute Gasteiger partial charge is 0.273 e. The van der Waals surface area contributed by atoms with Crippen LogP contribution < -0.4 is 0 Å². The fraction of sp³-hybridized carbons (Fsp3) is 0.174. The number of fused-ring (bicyclic) bond motifs is 1. The second kappa shape index (κ2) is 8.41. The van der Waals surface area contributed by atoms with Crippen LogP contribution in [0.3, 0.4) is 0 Å². The summed E-state index contributed by atoms with van der Waals surface area (Å²) in [4.78, 5) is 30.2. The van der Waals surface area contributed by atoms with E-state index < -0.39 is 15.9 Å². The molecule has 31 heavy (non-hydrogen) atoms. The molecule has 7 nitrogen and oxygen atoms in total. The highest BCUT2D eigenvalue weighted by molar-refractivity contribution is 7.89. The number of pyridine rings is 1. The molecule has 0 aliphatic carbocycles. The summed E-state index contributed by atoms with van der Waals surface area (Å²) in [5, 5.41) is 0. The van der Waals surface area contributed by atoms with Crippen LogP contribution in [0.4, 0.5) is 0 Å². The van der Waals surface area contributed by atoms with E-state index in [1.54, 1.807) is 43.4 Å². The zero-order valence-corrected chi connectivity index (χ0v) is 17.7. The summed E-state index contributed by atoms with van der Waals surface area (Å²) < 4.78 is 27.0. The van der Waals surface area contributed by atoms with Crippen molar-refractivity contribution in [3.63, 3.8) is 0 Å². The van der Waals surface area contributed by atoms with E-state index in [1.165, 1.54) is 15.4 Å². The first kappa shape index (κ1) is 20.9. The predicted octanol–water partition coefficient (Wildman–Crippen LogP) is 2.74. The first-order chi connectivity index (χ1) is 14.9. The number of sulfonamides is 1. The molecule has 1 aromatic heterocycles. The Bertz CT molecular complexity index is 1190. The molecule has 1 aliphatic heterocycles. The van der Waals surface area contributed by atoms with Gasteiger partial charge in [-0.05, 0) is 41.8 Å². The van der Waals surface area contributed by atoms with Crippen molar-refractivity contribution < 1.29 is 18.0 Å². The Kier molecular flexibility index (Phi) is 5.67. The molecule has 2 heterocycles. The van der Waals surface area contributed by atoms with Crippen LogP contribution in [0.2, 0.25) is 0 Å². The third-order valence-electron chi connectivity index (χ3n) is 5.23. The molecule has 0 saturated heterocycles. The van der Waals surface area contributed by atoms with Gasteiger partial charge in [-0.1, -0.05) is 42.5 Å². The van der Waals surface area contributed by atoms with Crippen molar-refractivity contribution in [1.29, 1.82) is 0 Å². The number of nitrogens with zero attached hydrogens (tertiary/aromatic N) is 3. The van der Waals surface area contributed by atoms with Gasteiger partial charge in [-0.2, -0.15) is 4.31 Å². The molecule has 0 saturated carbocycles. The van der Waals surface area contributed by atoms with Gasteiger partial charge in [0, 0.05) is 26.3 Å². The van der Waals surface area contributed by atoms with Crippen LogP contribution in [-0.2, 0) is 23.0 Å². The first-order valence-electron chi connectivity index (χ1n) is 9.78. The van der Waals surface area contributed by atoms with Gasteiger partial charge >= 0.3 is 0 Å². The van der Waals surface area contributed by atoms with Crippen molar-refractivity contribution >= 4 is 21.8 Å². The second-order valence-corrected chi connectivity index (χ2v) is 9.35. The fourth-order valence-electron chi connectivity index (χ4n) is 3.49. The summed E-state index contributed by atoms with van der Waals surface area (Å²) in [6, 6.07) is 19.1. The van der Waals surface area contributed by atoms with E-state index in [0.717, 1.165) is 11.1 Å². The lowest BCUT2D eigenvalue weighted by atomic mass is 10.1. The minimum absolute atomic E-state index is 0.176. The van der Waals surface area contributed by atoms with Crippen molar-refractivity contribution in [2.45, 2.75) is 17.9 Å². The van der Waals surface area contributed by atoms with Crippen LogP contribution in [0.15, 0.2) is 77.8 Å². The predicted molar refractivity (Wildman–Crippen MR) is 115 cm³/mol. The van der Waals surface area contributed by atoms with Crippen LogP contribution in [0, 0.1) is 0 Å². The second-order valence-electron chi connectivity index (χ2n) is 7.30. The number of hydrogen-bond donors (Lipinski definition) is 0. The highest BCUT2D eigenvalue weighted by atomic mass is 32.2. The van der Waals surface area contributed by atoms with Gasteiger partial charge in [0.2, 0.25) is 10.0 Å². The maximum atomic E-state index is 12.8. The molecule has 0 N–H and O–H groups in total. The Balaban J connectivity index is 1.42. The van der Waals surface area contributed by atoms with Gasteiger partial charge < -0.3 is 0 Å². The largest absolute Gasteiger partial charge is 0.280 e. The summed E-state index contributed by atoms with van der Waals surface area (Å²) in [6.45, 7) is 0.479. The molecule has 158 valence electrons. The monoisotopic (exact) mass is 435 g/mol. The van der Waals surface area contributed by atoms with Crippen LogP contribution in [0.5, 0.6) is 0 Å². The number of carbonyl (C=O) groups excluding carboxylic acids is 2. The van der Waals surface area contributed by atoms with Gasteiger partial charge in [0.05, 0.1) is 10.5 Å². The first-order valence-corrected chi connectivity index (χ1v) is 11.2. The maximum Gasteiger partial charge on any atom is 0.280 e. The zero-order valence-electron chi connectivity index (χ0n) is 16.9. The van der Waals surface area contributed by atoms with Gasteiger partial charge in [0.15, 0.2) is 0 Å². The minimum Gasteiger partial charge on any atom is -0.273 e. The molecule has 2 amide bonds. The summed E-state index contributed by atoms with van der Waals surface area (Å²) in [7, 11) is -2.08. The summed E-state index contributed by atoms with van der Waals surface area (Å²) in [6.07, 6.45) is 1.91. The molecular formula is C23H21N3O4S. The van der Waals surface area contributed by atoms with E-state index in [0.29, 0.717) is 12.0 Å². The SMILES string of the molecule is CN(Cc1ccccc1)S(=O)(=O)c1ccc(CCN2C(=O)c3cccnc3C2=O)cc1. The molecule has 3 aromatic rings. The third kappa shape index (κ3) is 4.12. The van der Waals surface area contributed by atoms with Crippen molar-refractivity contribution in [2.24, 2.45) is 0 Å². The standard InChI is InChI=1S/C23H21N3O4S/c1-25(16-18-6-3-2-4-7-18)31(29,30)19-11-9-17(10-12-19)13-15-26-22(27)20-8-5-14-24-21(20)23(26)28/h2-12,14H,13,15-16H2,1H3. The fourth-order valence-corrected chi connectivity index (χ4v) is 4.65. The number of aromatic nitrogens is 1. The Morgan fingerprint density at radius 1 is 0.871 bits per heavy atom. The van der Waals surface area contributed by atoms with Gasteiger partial charge in [-0.15, -0.1) is 0 Å². The molecule has 0 fully saturated rings. The Labute approximate surface area is 181 Å². The number of benzene rings is 2. The van der Waals surface area contributed by atoms with Crippen LogP contribution >= 0.6 is 0 Å². The number of rotatable bonds is 7. The van der Waals surface area contributed by atoms with Crippen molar-refractivity contribution in [3.05, 3.63) is 95.3 Å². The van der Waals surface area contributed by atoms with Gasteiger partial charge in [0.1, 0.15) is 5.69 Å². The number of amides is 2. The van der Waals surface area contributed by atoms with Gasteiger partial charge in [-0.3, -0.25) is 19.5 Å². The van der Waals surface area contributed by atoms with Gasteiger partial charge in [-0.25, -0.2) is 8.42 Å². The van der Waals surface area contributed by atoms with Gasteiger partial charge in [0.25, 0.3) is 11.8 Å². The van der Waals surface area contributed by atoms with E-state index >= 15 is 0 Å². The Hall–Kier alpha value is -3.36. The molecule has 4 rings (SSSR count). The summed E-state index contributed by atoms with van der Waals surface area (Å²) in [5.41, 5.74) is 2.22. The normalized spacial score (nSPS) is 13.7. The molecule has 0 spiro atoms. The molecule has 0 bridgehead atoms. The van der Waals surface area contributed by atoms with Crippen LogP contribution in [0.25, 0.3) is 0 Å². The van der Waals surface area contributed by atoms with E-state index in [-0.39, 0.29) is 29.6 Å². The van der Waals surface area contributed by atoms with Crippen LogP contribution in [-0.4, -0.2) is 48.0 Å². The Morgan fingerprint density at radius 2 is 1.58 bits per heavy atom. The number of hydrogen-bond acceptors (Lipinski definition) is 5. The lowest BCUT2D eigenvalue weighted by Gasteiger charge is -2.18. The highest BCUT2D eigenvalue weighted by Gasteiger charge is 2.36. The molecule has 0 radical (unpaired) electrons. The minimum atomic E-state index is -3.63. The number of carbonyl (C=O) groups is 2. The molecular weight excluding hydrogens is 414 g/mol. The highest BCUT2D eigenvalue weighted by Crippen LogP contribution is 2.22. The number of imide groups is 1. The van der Waals surface area contributed by atoms with Crippen molar-refractivity contribution in [2.75, 3.05) is 13.6 Å². The van der Waals surface area contributed by atoms with Crippen LogP contribution in [0.1, 0.15) is 32.0 Å². The summed E-state index contributed by atoms with van der Waals surface area (Å²) in [5.74, 6) is -0.753. The summed E-state index contributed by atoms with van der Waals surface area (Å²) >= 11 is 0. The molecule has 1 aliphatic rings. The van der Waals surface area contributed by atoms with E-state index in [4.69, 9.17) is 0 Å². The van der Waals surface area contributed by atoms with E-state index in [2.05, 4.69) is 4.98 Å². The third-order valence-corrected chi connectivity index (χ3v) is 7.05. The van der Waals surface area contributed by atoms with Crippen molar-refractivity contribution in [1.82, 2.24) is 14.2 Å². The lowest BCUT2D eigenvalue weighted by molar-refractivity contribution is 0.0654. The molecule has 0 unspecified atom stereocenters.